The first-order valence-electron chi connectivity index (χ1n) is 11.2. The standard InChI is InChI=1S/C25H39N5O2/c1-10-11-14-19(26-8)21-27-18-15-12-13-17(18)22(28-21)30(9)20(16-32-25(5,6)7)23(31)29-24(2,3)4/h10-11,14,20H,8,12-13,15-16H2,1-7,9H3,(H,29,31)/b11-10-,19-14-/t20-/m0/s1. The fourth-order valence-corrected chi connectivity index (χ4v) is 3.50. The van der Waals surface area contributed by atoms with Gasteiger partial charge in [-0.1, -0.05) is 12.2 Å². The van der Waals surface area contributed by atoms with Gasteiger partial charge in [-0.2, -0.15) is 0 Å². The minimum atomic E-state index is -0.541. The molecule has 0 saturated carbocycles. The molecule has 1 amide bonds. The minimum absolute atomic E-state index is 0.0947. The predicted octanol–water partition coefficient (Wildman–Crippen LogP) is 4.12. The van der Waals surface area contributed by atoms with Crippen LogP contribution >= 0.6 is 0 Å². The number of aryl methyl sites for hydroxylation is 1. The van der Waals surface area contributed by atoms with Gasteiger partial charge in [0, 0.05) is 23.8 Å². The highest BCUT2D eigenvalue weighted by Gasteiger charge is 2.32. The molecule has 1 aromatic heterocycles. The van der Waals surface area contributed by atoms with Gasteiger partial charge in [-0.05, 0) is 80.5 Å². The number of fused-ring (bicyclic) bond motifs is 1. The molecule has 0 saturated heterocycles. The van der Waals surface area contributed by atoms with Crippen LogP contribution in [-0.4, -0.2) is 53.4 Å². The molecule has 0 unspecified atom stereocenters. The summed E-state index contributed by atoms with van der Waals surface area (Å²) in [5.74, 6) is 1.18. The lowest BCUT2D eigenvalue weighted by Gasteiger charge is -2.34. The maximum atomic E-state index is 13.3. The number of carbonyl (C=O) groups excluding carboxylic acids is 1. The Morgan fingerprint density at radius 1 is 1.25 bits per heavy atom. The maximum absolute atomic E-state index is 13.3. The lowest BCUT2D eigenvalue weighted by atomic mass is 10.1. The quantitative estimate of drug-likeness (QED) is 0.485. The van der Waals surface area contributed by atoms with E-state index in [4.69, 9.17) is 14.7 Å². The van der Waals surface area contributed by atoms with E-state index in [9.17, 15) is 4.79 Å². The van der Waals surface area contributed by atoms with Crippen molar-refractivity contribution >= 4 is 24.1 Å². The zero-order valence-electron chi connectivity index (χ0n) is 21.0. The van der Waals surface area contributed by atoms with E-state index in [2.05, 4.69) is 17.0 Å². The second-order valence-corrected chi connectivity index (χ2v) is 10.2. The number of rotatable bonds is 8. The van der Waals surface area contributed by atoms with Crippen LogP contribution in [0.2, 0.25) is 0 Å². The Hall–Kier alpha value is -2.54. The second-order valence-electron chi connectivity index (χ2n) is 10.2. The molecule has 1 aliphatic rings. The van der Waals surface area contributed by atoms with Crippen LogP contribution in [-0.2, 0) is 22.4 Å². The Morgan fingerprint density at radius 2 is 1.94 bits per heavy atom. The molecule has 1 N–H and O–H groups in total. The van der Waals surface area contributed by atoms with Gasteiger partial charge in [0.2, 0.25) is 5.91 Å². The normalized spacial score (nSPS) is 15.6. The van der Waals surface area contributed by atoms with E-state index in [-0.39, 0.29) is 23.7 Å². The molecule has 0 bridgehead atoms. The van der Waals surface area contributed by atoms with E-state index >= 15 is 0 Å². The van der Waals surface area contributed by atoms with Crippen molar-refractivity contribution in [1.29, 1.82) is 0 Å². The van der Waals surface area contributed by atoms with Crippen LogP contribution in [0.25, 0.3) is 5.70 Å². The SMILES string of the molecule is C=N/C(=C\C=C/C)c1nc2c(c(N(C)[C@@H](COC(C)(C)C)C(=O)NC(C)(C)C)n1)CCC2. The summed E-state index contributed by atoms with van der Waals surface area (Å²) in [6.45, 7) is 17.8. The van der Waals surface area contributed by atoms with Gasteiger partial charge in [-0.3, -0.25) is 9.79 Å². The second kappa shape index (κ2) is 10.4. The van der Waals surface area contributed by atoms with E-state index in [0.29, 0.717) is 11.5 Å². The van der Waals surface area contributed by atoms with Crippen molar-refractivity contribution in [1.82, 2.24) is 15.3 Å². The van der Waals surface area contributed by atoms with Gasteiger partial charge in [-0.25, -0.2) is 9.97 Å². The molecular formula is C25H39N5O2. The number of anilines is 1. The third kappa shape index (κ3) is 6.99. The molecule has 0 fully saturated rings. The number of hydrogen-bond acceptors (Lipinski definition) is 6. The summed E-state index contributed by atoms with van der Waals surface area (Å²) in [5, 5.41) is 3.10. The molecular weight excluding hydrogens is 402 g/mol. The van der Waals surface area contributed by atoms with Gasteiger partial charge >= 0.3 is 0 Å². The highest BCUT2D eigenvalue weighted by molar-refractivity contribution is 5.86. The van der Waals surface area contributed by atoms with Crippen molar-refractivity contribution in [2.24, 2.45) is 4.99 Å². The van der Waals surface area contributed by atoms with Crippen LogP contribution in [0, 0.1) is 0 Å². The van der Waals surface area contributed by atoms with Gasteiger partial charge in [0.25, 0.3) is 0 Å². The number of aliphatic imine (C=N–C) groups is 1. The Bertz CT molecular complexity index is 891. The molecule has 2 rings (SSSR count). The first-order chi connectivity index (χ1) is 14.9. The molecule has 1 heterocycles. The average molecular weight is 442 g/mol. The fourth-order valence-electron chi connectivity index (χ4n) is 3.50. The van der Waals surface area contributed by atoms with Crippen molar-refractivity contribution in [3.05, 3.63) is 35.3 Å². The Balaban J connectivity index is 2.52. The van der Waals surface area contributed by atoms with Crippen molar-refractivity contribution in [2.75, 3.05) is 18.6 Å². The summed E-state index contributed by atoms with van der Waals surface area (Å²) in [5.41, 5.74) is 1.99. The molecule has 176 valence electrons. The third-order valence-corrected chi connectivity index (χ3v) is 5.03. The molecule has 1 aliphatic carbocycles. The van der Waals surface area contributed by atoms with E-state index in [1.165, 1.54) is 0 Å². The van der Waals surface area contributed by atoms with E-state index in [1.54, 1.807) is 0 Å². The van der Waals surface area contributed by atoms with Gasteiger partial charge in [0.1, 0.15) is 17.6 Å². The lowest BCUT2D eigenvalue weighted by molar-refractivity contribution is -0.126. The van der Waals surface area contributed by atoms with Crippen molar-refractivity contribution in [3.8, 4) is 0 Å². The molecule has 0 aliphatic heterocycles. The maximum Gasteiger partial charge on any atom is 0.245 e. The van der Waals surface area contributed by atoms with E-state index in [1.807, 2.05) is 78.6 Å². The number of aromatic nitrogens is 2. The van der Waals surface area contributed by atoms with Crippen LogP contribution in [0.4, 0.5) is 5.82 Å². The largest absolute Gasteiger partial charge is 0.373 e. The number of likely N-dealkylation sites (N-methyl/N-ethyl adjacent to an activating group) is 1. The molecule has 0 aromatic carbocycles. The topological polar surface area (TPSA) is 79.7 Å². The fraction of sp³-hybridized carbons (Fsp3) is 0.600. The van der Waals surface area contributed by atoms with Crippen LogP contribution in [0.3, 0.4) is 0 Å². The number of hydrogen-bond donors (Lipinski definition) is 1. The van der Waals surface area contributed by atoms with Crippen molar-refractivity contribution in [3.63, 3.8) is 0 Å². The van der Waals surface area contributed by atoms with Crippen molar-refractivity contribution < 1.29 is 9.53 Å². The molecule has 7 nitrogen and oxygen atoms in total. The summed E-state index contributed by atoms with van der Waals surface area (Å²) in [4.78, 5) is 29.0. The summed E-state index contributed by atoms with van der Waals surface area (Å²) in [6, 6.07) is -0.541. The van der Waals surface area contributed by atoms with Gasteiger partial charge in [0.15, 0.2) is 5.82 Å². The molecule has 32 heavy (non-hydrogen) atoms. The monoisotopic (exact) mass is 441 g/mol. The average Bonchev–Trinajstić information content (AvgIpc) is 3.14. The summed E-state index contributed by atoms with van der Waals surface area (Å²) in [6.07, 6.45) is 8.44. The zero-order chi connectivity index (χ0) is 24.1. The van der Waals surface area contributed by atoms with E-state index in [0.717, 1.165) is 36.3 Å². The minimum Gasteiger partial charge on any atom is -0.373 e. The number of nitrogens with one attached hydrogen (secondary N) is 1. The molecule has 1 aromatic rings. The molecule has 7 heteroatoms. The van der Waals surface area contributed by atoms with Gasteiger partial charge in [-0.15, -0.1) is 0 Å². The zero-order valence-corrected chi connectivity index (χ0v) is 21.0. The van der Waals surface area contributed by atoms with Crippen LogP contribution in [0.15, 0.2) is 23.2 Å². The van der Waals surface area contributed by atoms with Gasteiger partial charge < -0.3 is 15.0 Å². The van der Waals surface area contributed by atoms with Crippen LogP contribution in [0.5, 0.6) is 0 Å². The number of nitrogens with zero attached hydrogens (tertiary/aromatic N) is 4. The lowest BCUT2D eigenvalue weighted by Crippen LogP contribution is -2.54. The predicted molar refractivity (Wildman–Crippen MR) is 132 cm³/mol. The van der Waals surface area contributed by atoms with E-state index < -0.39 is 6.04 Å². The molecule has 0 spiro atoms. The number of allylic oxidation sites excluding steroid dienone is 3. The Kier molecular flexibility index (Phi) is 8.35. The molecule has 0 radical (unpaired) electrons. The number of ether oxygens (including phenoxy) is 1. The van der Waals surface area contributed by atoms with Gasteiger partial charge in [0.05, 0.1) is 12.2 Å². The first kappa shape index (κ1) is 25.7. The third-order valence-electron chi connectivity index (χ3n) is 5.03. The highest BCUT2D eigenvalue weighted by atomic mass is 16.5. The smallest absolute Gasteiger partial charge is 0.245 e. The summed E-state index contributed by atoms with van der Waals surface area (Å²) < 4.78 is 6.05. The number of amides is 1. The first-order valence-corrected chi connectivity index (χ1v) is 11.2. The molecule has 1 atom stereocenters. The summed E-state index contributed by atoms with van der Waals surface area (Å²) >= 11 is 0. The Morgan fingerprint density at radius 3 is 2.50 bits per heavy atom. The Labute approximate surface area is 193 Å². The number of carbonyl (C=O) groups is 1. The highest BCUT2D eigenvalue weighted by Crippen LogP contribution is 2.31. The summed E-state index contributed by atoms with van der Waals surface area (Å²) in [7, 11) is 1.90. The van der Waals surface area contributed by atoms with Crippen LogP contribution < -0.4 is 10.2 Å². The van der Waals surface area contributed by atoms with Crippen LogP contribution in [0.1, 0.15) is 72.0 Å². The van der Waals surface area contributed by atoms with Crippen molar-refractivity contribution in [2.45, 2.75) is 84.9 Å².